The summed E-state index contributed by atoms with van der Waals surface area (Å²) >= 11 is 0. The number of rotatable bonds is 6. The number of urea groups is 1. The largest absolute Gasteiger partial charge is 0.391 e. The van der Waals surface area contributed by atoms with E-state index in [0.717, 1.165) is 5.56 Å². The molecule has 7 heteroatoms. The van der Waals surface area contributed by atoms with E-state index in [1.807, 2.05) is 30.3 Å². The first-order chi connectivity index (χ1) is 10.1. The van der Waals surface area contributed by atoms with Crippen LogP contribution in [0.15, 0.2) is 36.7 Å². The van der Waals surface area contributed by atoms with E-state index in [0.29, 0.717) is 12.2 Å². The lowest BCUT2D eigenvalue weighted by Gasteiger charge is -2.12. The first-order valence-corrected chi connectivity index (χ1v) is 6.71. The molecule has 0 saturated carbocycles. The van der Waals surface area contributed by atoms with Crippen molar-refractivity contribution in [2.45, 2.75) is 19.1 Å². The monoisotopic (exact) mass is 289 g/mol. The van der Waals surface area contributed by atoms with Crippen LogP contribution in [0, 0.1) is 0 Å². The Morgan fingerprint density at radius 2 is 2.10 bits per heavy atom. The molecule has 2 amide bonds. The van der Waals surface area contributed by atoms with E-state index in [1.54, 1.807) is 11.7 Å². The SMILES string of the molecule is Cn1ncnc1CNC(=O)NCC(O)Cc1ccccc1. The Labute approximate surface area is 123 Å². The first kappa shape index (κ1) is 15.0. The molecule has 112 valence electrons. The molecule has 21 heavy (non-hydrogen) atoms. The van der Waals surface area contributed by atoms with Crippen molar-refractivity contribution in [1.82, 2.24) is 25.4 Å². The van der Waals surface area contributed by atoms with Crippen molar-refractivity contribution in [2.75, 3.05) is 6.54 Å². The third-order valence-corrected chi connectivity index (χ3v) is 3.02. The minimum Gasteiger partial charge on any atom is -0.391 e. The smallest absolute Gasteiger partial charge is 0.315 e. The minimum absolute atomic E-state index is 0.194. The molecule has 0 fully saturated rings. The van der Waals surface area contributed by atoms with E-state index in [9.17, 15) is 9.90 Å². The van der Waals surface area contributed by atoms with Crippen LogP contribution in [0.4, 0.5) is 4.79 Å². The van der Waals surface area contributed by atoms with Crippen LogP contribution in [-0.2, 0) is 20.0 Å². The van der Waals surface area contributed by atoms with Crippen molar-refractivity contribution < 1.29 is 9.90 Å². The average molecular weight is 289 g/mol. The fourth-order valence-electron chi connectivity index (χ4n) is 1.87. The van der Waals surface area contributed by atoms with Gasteiger partial charge >= 0.3 is 6.03 Å². The predicted octanol–water partition coefficient (Wildman–Crippen LogP) is 0.218. The Kier molecular flexibility index (Phi) is 5.28. The standard InChI is InChI=1S/C14H19N5O2/c1-19-13(17-10-18-19)9-16-14(21)15-8-12(20)7-11-5-3-2-4-6-11/h2-6,10,12,20H,7-9H2,1H3,(H2,15,16,21). The molecule has 0 bridgehead atoms. The molecule has 0 radical (unpaired) electrons. The topological polar surface area (TPSA) is 92.1 Å². The summed E-state index contributed by atoms with van der Waals surface area (Å²) < 4.78 is 1.59. The summed E-state index contributed by atoms with van der Waals surface area (Å²) in [6.45, 7) is 0.483. The van der Waals surface area contributed by atoms with E-state index in [4.69, 9.17) is 0 Å². The van der Waals surface area contributed by atoms with Gasteiger partial charge in [0.15, 0.2) is 0 Å². The summed E-state index contributed by atoms with van der Waals surface area (Å²) in [7, 11) is 1.76. The zero-order chi connectivity index (χ0) is 15.1. The second-order valence-corrected chi connectivity index (χ2v) is 4.71. The number of aryl methyl sites for hydroxylation is 1. The lowest BCUT2D eigenvalue weighted by Crippen LogP contribution is -2.40. The summed E-state index contributed by atoms with van der Waals surface area (Å²) in [4.78, 5) is 15.6. The molecule has 0 saturated heterocycles. The molecule has 0 spiro atoms. The number of hydrogen-bond acceptors (Lipinski definition) is 4. The van der Waals surface area contributed by atoms with Crippen LogP contribution < -0.4 is 10.6 Å². The molecule has 1 unspecified atom stereocenters. The highest BCUT2D eigenvalue weighted by Gasteiger charge is 2.08. The molecule has 1 aromatic heterocycles. The van der Waals surface area contributed by atoms with Gasteiger partial charge in [0.25, 0.3) is 0 Å². The van der Waals surface area contributed by atoms with Crippen molar-refractivity contribution in [2.24, 2.45) is 7.05 Å². The fraction of sp³-hybridized carbons (Fsp3) is 0.357. The molecule has 1 heterocycles. The molecular weight excluding hydrogens is 270 g/mol. The van der Waals surface area contributed by atoms with E-state index in [-0.39, 0.29) is 19.1 Å². The lowest BCUT2D eigenvalue weighted by molar-refractivity contribution is 0.170. The van der Waals surface area contributed by atoms with Crippen LogP contribution in [-0.4, -0.2) is 38.6 Å². The Balaban J connectivity index is 1.68. The third-order valence-electron chi connectivity index (χ3n) is 3.02. The van der Waals surface area contributed by atoms with Gasteiger partial charge in [0.2, 0.25) is 0 Å². The molecule has 2 aromatic rings. The minimum atomic E-state index is -0.618. The van der Waals surface area contributed by atoms with E-state index < -0.39 is 6.10 Å². The molecular formula is C14H19N5O2. The summed E-state index contributed by atoms with van der Waals surface area (Å²) in [5.74, 6) is 0.662. The summed E-state index contributed by atoms with van der Waals surface area (Å²) in [6.07, 6.45) is 1.32. The van der Waals surface area contributed by atoms with Crippen LogP contribution in [0.5, 0.6) is 0 Å². The van der Waals surface area contributed by atoms with Crippen molar-refractivity contribution in [3.05, 3.63) is 48.0 Å². The van der Waals surface area contributed by atoms with Gasteiger partial charge in [0.05, 0.1) is 12.6 Å². The van der Waals surface area contributed by atoms with Gasteiger partial charge in [0, 0.05) is 20.0 Å². The van der Waals surface area contributed by atoms with Crippen LogP contribution in [0.25, 0.3) is 0 Å². The van der Waals surface area contributed by atoms with Crippen LogP contribution in [0.3, 0.4) is 0 Å². The lowest BCUT2D eigenvalue weighted by atomic mass is 10.1. The van der Waals surface area contributed by atoms with Crippen molar-refractivity contribution in [3.63, 3.8) is 0 Å². The molecule has 7 nitrogen and oxygen atoms in total. The van der Waals surface area contributed by atoms with Gasteiger partial charge in [-0.1, -0.05) is 30.3 Å². The Morgan fingerprint density at radius 3 is 2.76 bits per heavy atom. The quantitative estimate of drug-likeness (QED) is 0.709. The van der Waals surface area contributed by atoms with Gasteiger partial charge in [-0.15, -0.1) is 0 Å². The van der Waals surface area contributed by atoms with Gasteiger partial charge in [-0.2, -0.15) is 5.10 Å². The number of carbonyl (C=O) groups is 1. The molecule has 1 aromatic carbocycles. The second kappa shape index (κ2) is 7.39. The van der Waals surface area contributed by atoms with Crippen molar-refractivity contribution in [3.8, 4) is 0 Å². The highest BCUT2D eigenvalue weighted by Crippen LogP contribution is 2.02. The number of hydrogen-bond donors (Lipinski definition) is 3. The first-order valence-electron chi connectivity index (χ1n) is 6.71. The predicted molar refractivity (Wildman–Crippen MR) is 77.4 cm³/mol. The van der Waals surface area contributed by atoms with Gasteiger partial charge in [-0.05, 0) is 5.56 Å². The maximum atomic E-state index is 11.6. The van der Waals surface area contributed by atoms with Crippen molar-refractivity contribution >= 4 is 6.03 Å². The zero-order valence-electron chi connectivity index (χ0n) is 11.9. The second-order valence-electron chi connectivity index (χ2n) is 4.71. The number of aromatic nitrogens is 3. The third kappa shape index (κ3) is 4.88. The molecule has 0 aliphatic rings. The number of amides is 2. The molecule has 3 N–H and O–H groups in total. The highest BCUT2D eigenvalue weighted by atomic mass is 16.3. The molecule has 0 aliphatic heterocycles. The van der Waals surface area contributed by atoms with Gasteiger partial charge in [-0.3, -0.25) is 4.68 Å². The van der Waals surface area contributed by atoms with Gasteiger partial charge in [-0.25, -0.2) is 9.78 Å². The number of nitrogens with zero attached hydrogens (tertiary/aromatic N) is 3. The Hall–Kier alpha value is -2.41. The fourth-order valence-corrected chi connectivity index (χ4v) is 1.87. The maximum Gasteiger partial charge on any atom is 0.315 e. The Bertz CT molecular complexity index is 570. The summed E-state index contributed by atoms with van der Waals surface area (Å²) in [6, 6.07) is 9.31. The molecule has 1 atom stereocenters. The van der Waals surface area contributed by atoms with Crippen LogP contribution >= 0.6 is 0 Å². The number of benzene rings is 1. The van der Waals surface area contributed by atoms with Crippen LogP contribution in [0.2, 0.25) is 0 Å². The van der Waals surface area contributed by atoms with Crippen LogP contribution in [0.1, 0.15) is 11.4 Å². The summed E-state index contributed by atoms with van der Waals surface area (Å²) in [5.41, 5.74) is 1.03. The maximum absolute atomic E-state index is 11.6. The highest BCUT2D eigenvalue weighted by molar-refractivity contribution is 5.73. The number of aliphatic hydroxyl groups excluding tert-OH is 1. The number of aliphatic hydroxyl groups is 1. The number of nitrogens with one attached hydrogen (secondary N) is 2. The van der Waals surface area contributed by atoms with Gasteiger partial charge in [0.1, 0.15) is 12.2 Å². The summed E-state index contributed by atoms with van der Waals surface area (Å²) in [5, 5.41) is 19.1. The van der Waals surface area contributed by atoms with Crippen molar-refractivity contribution in [1.29, 1.82) is 0 Å². The van der Waals surface area contributed by atoms with Gasteiger partial charge < -0.3 is 15.7 Å². The average Bonchev–Trinajstić information content (AvgIpc) is 2.89. The van der Waals surface area contributed by atoms with E-state index in [2.05, 4.69) is 20.7 Å². The van der Waals surface area contributed by atoms with E-state index in [1.165, 1.54) is 6.33 Å². The number of carbonyl (C=O) groups excluding carboxylic acids is 1. The molecule has 0 aliphatic carbocycles. The normalized spacial score (nSPS) is 11.9. The Morgan fingerprint density at radius 1 is 1.33 bits per heavy atom. The zero-order valence-corrected chi connectivity index (χ0v) is 11.9. The van der Waals surface area contributed by atoms with E-state index >= 15 is 0 Å². The molecule has 2 rings (SSSR count).